The molecule has 0 amide bonds. The van der Waals surface area contributed by atoms with E-state index in [1.807, 2.05) is 6.92 Å². The lowest BCUT2D eigenvalue weighted by molar-refractivity contribution is -0.384. The van der Waals surface area contributed by atoms with Gasteiger partial charge in [-0.05, 0) is 26.7 Å². The van der Waals surface area contributed by atoms with Crippen LogP contribution in [0.4, 0.5) is 11.5 Å². The number of carboxylic acid groups (broad SMARTS) is 1. The van der Waals surface area contributed by atoms with Crippen molar-refractivity contribution in [2.45, 2.75) is 52.1 Å². The second-order valence-electron chi connectivity index (χ2n) is 5.29. The SMILES string of the molecule is CCn1nc(C)c([N+](=O)[O-])c1N(CC(=O)O)C1CCCC1. The molecular formula is C13H20N4O4. The quantitative estimate of drug-likeness (QED) is 0.636. The Labute approximate surface area is 122 Å². The number of nitro groups is 1. The van der Waals surface area contributed by atoms with Crippen LogP contribution in [-0.4, -0.2) is 38.4 Å². The number of aliphatic carboxylic acids is 1. The third kappa shape index (κ3) is 2.98. The maximum atomic E-state index is 11.4. The predicted octanol–water partition coefficient (Wildman–Crippen LogP) is 1.95. The monoisotopic (exact) mass is 296 g/mol. The van der Waals surface area contributed by atoms with E-state index in [2.05, 4.69) is 5.10 Å². The minimum Gasteiger partial charge on any atom is -0.480 e. The molecule has 1 aliphatic rings. The zero-order valence-corrected chi connectivity index (χ0v) is 12.3. The van der Waals surface area contributed by atoms with Crippen molar-refractivity contribution < 1.29 is 14.8 Å². The lowest BCUT2D eigenvalue weighted by atomic mass is 10.2. The predicted molar refractivity (Wildman–Crippen MR) is 76.5 cm³/mol. The van der Waals surface area contributed by atoms with Crippen LogP contribution in [0.25, 0.3) is 0 Å². The number of carboxylic acids is 1. The second-order valence-corrected chi connectivity index (χ2v) is 5.29. The lowest BCUT2D eigenvalue weighted by Crippen LogP contribution is -2.39. The van der Waals surface area contributed by atoms with E-state index in [4.69, 9.17) is 5.11 Å². The van der Waals surface area contributed by atoms with Crippen molar-refractivity contribution in [2.75, 3.05) is 11.4 Å². The number of anilines is 1. The molecule has 8 heteroatoms. The Morgan fingerprint density at radius 1 is 1.52 bits per heavy atom. The average molecular weight is 296 g/mol. The van der Waals surface area contributed by atoms with Gasteiger partial charge in [-0.2, -0.15) is 5.10 Å². The van der Waals surface area contributed by atoms with Gasteiger partial charge in [0.25, 0.3) is 0 Å². The largest absolute Gasteiger partial charge is 0.480 e. The Kier molecular flexibility index (Phi) is 4.44. The van der Waals surface area contributed by atoms with Crippen molar-refractivity contribution in [1.29, 1.82) is 0 Å². The topological polar surface area (TPSA) is 101 Å². The number of carbonyl (C=O) groups is 1. The first-order valence-corrected chi connectivity index (χ1v) is 7.16. The molecule has 0 bridgehead atoms. The summed E-state index contributed by atoms with van der Waals surface area (Å²) < 4.78 is 1.54. The summed E-state index contributed by atoms with van der Waals surface area (Å²) in [5.41, 5.74) is 0.246. The zero-order valence-electron chi connectivity index (χ0n) is 12.3. The molecule has 0 spiro atoms. The van der Waals surface area contributed by atoms with E-state index >= 15 is 0 Å². The molecule has 1 aliphatic carbocycles. The van der Waals surface area contributed by atoms with Crippen LogP contribution in [0, 0.1) is 17.0 Å². The summed E-state index contributed by atoms with van der Waals surface area (Å²) in [5, 5.41) is 24.7. The van der Waals surface area contributed by atoms with E-state index < -0.39 is 10.9 Å². The standard InChI is InChI=1S/C13H20N4O4/c1-3-16-13(12(17(20)21)9(2)14-16)15(8-11(18)19)10-6-4-5-7-10/h10H,3-8H2,1-2H3,(H,18,19). The normalized spacial score (nSPS) is 15.3. The molecule has 0 atom stereocenters. The molecule has 0 aromatic carbocycles. The Hall–Kier alpha value is -2.12. The van der Waals surface area contributed by atoms with E-state index in [9.17, 15) is 14.9 Å². The summed E-state index contributed by atoms with van der Waals surface area (Å²) in [7, 11) is 0. The van der Waals surface area contributed by atoms with Gasteiger partial charge in [-0.25, -0.2) is 4.68 Å². The van der Waals surface area contributed by atoms with Crippen LogP contribution < -0.4 is 4.90 Å². The van der Waals surface area contributed by atoms with Gasteiger partial charge in [-0.1, -0.05) is 12.8 Å². The Morgan fingerprint density at radius 2 is 2.14 bits per heavy atom. The van der Waals surface area contributed by atoms with Gasteiger partial charge in [0.2, 0.25) is 5.82 Å². The van der Waals surface area contributed by atoms with Crippen LogP contribution in [0.2, 0.25) is 0 Å². The van der Waals surface area contributed by atoms with Crippen molar-refractivity contribution in [3.63, 3.8) is 0 Å². The van der Waals surface area contributed by atoms with Gasteiger partial charge >= 0.3 is 11.7 Å². The summed E-state index contributed by atoms with van der Waals surface area (Å²) in [6, 6.07) is 0.0289. The molecule has 0 radical (unpaired) electrons. The van der Waals surface area contributed by atoms with E-state index in [0.717, 1.165) is 25.7 Å². The van der Waals surface area contributed by atoms with Gasteiger partial charge in [-0.3, -0.25) is 14.9 Å². The molecule has 1 N–H and O–H groups in total. The first-order chi connectivity index (χ1) is 9.95. The average Bonchev–Trinajstić information content (AvgIpc) is 3.02. The molecular weight excluding hydrogens is 276 g/mol. The molecule has 1 aromatic heterocycles. The third-order valence-electron chi connectivity index (χ3n) is 3.89. The van der Waals surface area contributed by atoms with Gasteiger partial charge in [0.15, 0.2) is 0 Å². The van der Waals surface area contributed by atoms with Crippen LogP contribution in [-0.2, 0) is 11.3 Å². The maximum absolute atomic E-state index is 11.4. The molecule has 1 heterocycles. The summed E-state index contributed by atoms with van der Waals surface area (Å²) in [6.07, 6.45) is 3.76. The second kappa shape index (κ2) is 6.11. The first-order valence-electron chi connectivity index (χ1n) is 7.16. The van der Waals surface area contributed by atoms with Crippen molar-refractivity contribution >= 4 is 17.5 Å². The smallest absolute Gasteiger partial charge is 0.333 e. The molecule has 0 saturated heterocycles. The van der Waals surface area contributed by atoms with Gasteiger partial charge in [0, 0.05) is 12.6 Å². The van der Waals surface area contributed by atoms with E-state index in [-0.39, 0.29) is 18.3 Å². The number of rotatable bonds is 6. The van der Waals surface area contributed by atoms with Crippen molar-refractivity contribution in [3.05, 3.63) is 15.8 Å². The van der Waals surface area contributed by atoms with E-state index in [0.29, 0.717) is 18.1 Å². The fraction of sp³-hybridized carbons (Fsp3) is 0.692. The van der Waals surface area contributed by atoms with Crippen molar-refractivity contribution in [2.24, 2.45) is 0 Å². The molecule has 1 saturated carbocycles. The number of aryl methyl sites for hydroxylation is 2. The molecule has 116 valence electrons. The number of hydrogen-bond acceptors (Lipinski definition) is 5. The molecule has 1 aromatic rings. The highest BCUT2D eigenvalue weighted by molar-refractivity contribution is 5.76. The molecule has 8 nitrogen and oxygen atoms in total. The Morgan fingerprint density at radius 3 is 2.62 bits per heavy atom. The molecule has 2 rings (SSSR count). The van der Waals surface area contributed by atoms with Crippen LogP contribution in [0.3, 0.4) is 0 Å². The summed E-state index contributed by atoms with van der Waals surface area (Å²) in [6.45, 7) is 3.65. The summed E-state index contributed by atoms with van der Waals surface area (Å²) in [5.74, 6) is -0.660. The maximum Gasteiger partial charge on any atom is 0.333 e. The fourth-order valence-electron chi connectivity index (χ4n) is 3.02. The molecule has 21 heavy (non-hydrogen) atoms. The summed E-state index contributed by atoms with van der Waals surface area (Å²) >= 11 is 0. The molecule has 0 unspecified atom stereocenters. The van der Waals surface area contributed by atoms with Crippen LogP contribution in [0.5, 0.6) is 0 Å². The number of hydrogen-bond donors (Lipinski definition) is 1. The highest BCUT2D eigenvalue weighted by Crippen LogP contribution is 2.36. The zero-order chi connectivity index (χ0) is 15.6. The first kappa shape index (κ1) is 15.3. The lowest BCUT2D eigenvalue weighted by Gasteiger charge is -2.28. The number of nitrogens with zero attached hydrogens (tertiary/aromatic N) is 4. The fourth-order valence-corrected chi connectivity index (χ4v) is 3.02. The minimum atomic E-state index is -0.988. The van der Waals surface area contributed by atoms with Gasteiger partial charge in [-0.15, -0.1) is 0 Å². The highest BCUT2D eigenvalue weighted by Gasteiger charge is 2.35. The van der Waals surface area contributed by atoms with Crippen LogP contribution >= 0.6 is 0 Å². The van der Waals surface area contributed by atoms with Crippen LogP contribution in [0.15, 0.2) is 0 Å². The minimum absolute atomic E-state index is 0.0289. The molecule has 0 aliphatic heterocycles. The molecule has 1 fully saturated rings. The van der Waals surface area contributed by atoms with Gasteiger partial charge < -0.3 is 10.0 Å². The Balaban J connectivity index is 2.51. The van der Waals surface area contributed by atoms with Crippen molar-refractivity contribution in [3.8, 4) is 0 Å². The summed E-state index contributed by atoms with van der Waals surface area (Å²) in [4.78, 5) is 23.7. The van der Waals surface area contributed by atoms with Crippen LogP contribution in [0.1, 0.15) is 38.3 Å². The van der Waals surface area contributed by atoms with E-state index in [1.165, 1.54) is 4.68 Å². The van der Waals surface area contributed by atoms with E-state index in [1.54, 1.807) is 11.8 Å². The Bertz CT molecular complexity index is 549. The van der Waals surface area contributed by atoms with Crippen molar-refractivity contribution in [1.82, 2.24) is 9.78 Å². The number of aromatic nitrogens is 2. The third-order valence-corrected chi connectivity index (χ3v) is 3.89. The highest BCUT2D eigenvalue weighted by atomic mass is 16.6. The van der Waals surface area contributed by atoms with Gasteiger partial charge in [0.05, 0.1) is 4.92 Å². The van der Waals surface area contributed by atoms with Gasteiger partial charge in [0.1, 0.15) is 12.2 Å².